The van der Waals surface area contributed by atoms with Crippen molar-refractivity contribution in [1.29, 1.82) is 0 Å². The lowest BCUT2D eigenvalue weighted by Crippen LogP contribution is -2.43. The molecule has 16 heavy (non-hydrogen) atoms. The molecule has 0 N–H and O–H groups in total. The van der Waals surface area contributed by atoms with Crippen LogP contribution < -0.4 is 0 Å². The Kier molecular flexibility index (Phi) is 3.65. The Morgan fingerprint density at radius 2 is 1.56 bits per heavy atom. The number of rotatable bonds is 2. The van der Waals surface area contributed by atoms with Gasteiger partial charge in [-0.3, -0.25) is 4.79 Å². The summed E-state index contributed by atoms with van der Waals surface area (Å²) in [7, 11) is 0. The summed E-state index contributed by atoms with van der Waals surface area (Å²) in [6, 6.07) is 0. The Morgan fingerprint density at radius 1 is 1.00 bits per heavy atom. The van der Waals surface area contributed by atoms with E-state index in [1.165, 1.54) is 19.3 Å². The van der Waals surface area contributed by atoms with Crippen LogP contribution in [0.15, 0.2) is 0 Å². The monoisotopic (exact) mass is 226 g/mol. The van der Waals surface area contributed by atoms with Gasteiger partial charge in [-0.2, -0.15) is 0 Å². The van der Waals surface area contributed by atoms with Crippen LogP contribution >= 0.6 is 0 Å². The molecule has 2 aliphatic rings. The van der Waals surface area contributed by atoms with Gasteiger partial charge in [0.1, 0.15) is 5.78 Å². The molecule has 0 aromatic rings. The van der Waals surface area contributed by atoms with E-state index in [0.717, 1.165) is 12.8 Å². The highest BCUT2D eigenvalue weighted by Gasteiger charge is 2.35. The topological polar surface area (TPSA) is 35.5 Å². The highest BCUT2D eigenvalue weighted by Crippen LogP contribution is 2.29. The maximum Gasteiger partial charge on any atom is 0.162 e. The van der Waals surface area contributed by atoms with E-state index in [0.29, 0.717) is 19.0 Å². The lowest BCUT2D eigenvalue weighted by atomic mass is 9.82. The summed E-state index contributed by atoms with van der Waals surface area (Å²) < 4.78 is 11.1. The molecule has 0 radical (unpaired) electrons. The van der Waals surface area contributed by atoms with Gasteiger partial charge < -0.3 is 9.47 Å². The van der Waals surface area contributed by atoms with Gasteiger partial charge in [0.2, 0.25) is 0 Å². The third kappa shape index (κ3) is 2.83. The number of carbonyl (C=O) groups excluding carboxylic acids is 1. The molecule has 3 nitrogen and oxygen atoms in total. The summed E-state index contributed by atoms with van der Waals surface area (Å²) in [5.41, 5.74) is 0. The molecule has 0 amide bonds. The first-order chi connectivity index (χ1) is 7.58. The van der Waals surface area contributed by atoms with Crippen LogP contribution in [0.3, 0.4) is 0 Å². The lowest BCUT2D eigenvalue weighted by Gasteiger charge is -2.36. The normalized spacial score (nSPS) is 27.9. The van der Waals surface area contributed by atoms with Crippen molar-refractivity contribution in [2.24, 2.45) is 11.8 Å². The van der Waals surface area contributed by atoms with Gasteiger partial charge in [0, 0.05) is 5.92 Å². The van der Waals surface area contributed by atoms with E-state index in [1.807, 2.05) is 13.8 Å². The summed E-state index contributed by atoms with van der Waals surface area (Å²) >= 11 is 0. The molecule has 0 bridgehead atoms. The first-order valence-electron chi connectivity index (χ1n) is 6.40. The van der Waals surface area contributed by atoms with Crippen molar-refractivity contribution >= 4 is 5.78 Å². The molecule has 0 aromatic heterocycles. The molecule has 1 aliphatic heterocycles. The van der Waals surface area contributed by atoms with Crippen molar-refractivity contribution in [2.45, 2.75) is 51.7 Å². The molecule has 2 rings (SSSR count). The number of ketones is 1. The van der Waals surface area contributed by atoms with E-state index in [1.54, 1.807) is 0 Å². The van der Waals surface area contributed by atoms with Crippen molar-refractivity contribution in [3.05, 3.63) is 0 Å². The fourth-order valence-corrected chi connectivity index (χ4v) is 2.58. The maximum absolute atomic E-state index is 12.2. The number of ether oxygens (including phenoxy) is 2. The average Bonchev–Trinajstić information content (AvgIpc) is 2.29. The Bertz CT molecular complexity index is 244. The van der Waals surface area contributed by atoms with Crippen LogP contribution in [0.5, 0.6) is 0 Å². The Labute approximate surface area is 97.5 Å². The maximum atomic E-state index is 12.2. The van der Waals surface area contributed by atoms with E-state index in [2.05, 4.69) is 0 Å². The number of hydrogen-bond acceptors (Lipinski definition) is 3. The van der Waals surface area contributed by atoms with E-state index in [4.69, 9.17) is 9.47 Å². The lowest BCUT2D eigenvalue weighted by molar-refractivity contribution is -0.259. The summed E-state index contributed by atoms with van der Waals surface area (Å²) in [5.74, 6) is 0.0991. The quantitative estimate of drug-likeness (QED) is 0.726. The number of hydrogen-bond donors (Lipinski definition) is 0. The Hall–Kier alpha value is -0.410. The van der Waals surface area contributed by atoms with Gasteiger partial charge in [-0.15, -0.1) is 0 Å². The molecule has 0 atom stereocenters. The Balaban J connectivity index is 1.86. The molecule has 1 aliphatic carbocycles. The van der Waals surface area contributed by atoms with E-state index in [-0.39, 0.29) is 11.8 Å². The SMILES string of the molecule is CC1(C)OCC(C(=O)C2CCCCC2)CO1. The van der Waals surface area contributed by atoms with Crippen LogP contribution in [-0.4, -0.2) is 24.8 Å². The summed E-state index contributed by atoms with van der Waals surface area (Å²) in [4.78, 5) is 12.2. The van der Waals surface area contributed by atoms with Crippen LogP contribution in [-0.2, 0) is 14.3 Å². The van der Waals surface area contributed by atoms with E-state index < -0.39 is 5.79 Å². The van der Waals surface area contributed by atoms with Crippen LogP contribution in [0.25, 0.3) is 0 Å². The first kappa shape index (κ1) is 12.1. The third-order valence-electron chi connectivity index (χ3n) is 3.67. The molecule has 2 fully saturated rings. The second-order valence-electron chi connectivity index (χ2n) is 5.46. The van der Waals surface area contributed by atoms with Crippen molar-refractivity contribution < 1.29 is 14.3 Å². The van der Waals surface area contributed by atoms with Crippen molar-refractivity contribution in [1.82, 2.24) is 0 Å². The van der Waals surface area contributed by atoms with E-state index in [9.17, 15) is 4.79 Å². The molecular formula is C13H22O3. The zero-order valence-corrected chi connectivity index (χ0v) is 10.3. The first-order valence-corrected chi connectivity index (χ1v) is 6.40. The highest BCUT2D eigenvalue weighted by molar-refractivity contribution is 5.83. The minimum Gasteiger partial charge on any atom is -0.350 e. The smallest absolute Gasteiger partial charge is 0.162 e. The third-order valence-corrected chi connectivity index (χ3v) is 3.67. The predicted molar refractivity (Wildman–Crippen MR) is 61.1 cm³/mol. The molecule has 0 aromatic carbocycles. The van der Waals surface area contributed by atoms with Crippen molar-refractivity contribution in [2.75, 3.05) is 13.2 Å². The standard InChI is InChI=1S/C13H22O3/c1-13(2)15-8-11(9-16-13)12(14)10-6-4-3-5-7-10/h10-11H,3-9H2,1-2H3. The second-order valence-corrected chi connectivity index (χ2v) is 5.46. The van der Waals surface area contributed by atoms with Crippen LogP contribution in [0.2, 0.25) is 0 Å². The fourth-order valence-electron chi connectivity index (χ4n) is 2.58. The highest BCUT2D eigenvalue weighted by atomic mass is 16.7. The van der Waals surface area contributed by atoms with Gasteiger partial charge >= 0.3 is 0 Å². The molecular weight excluding hydrogens is 204 g/mol. The molecule has 92 valence electrons. The zero-order valence-electron chi connectivity index (χ0n) is 10.3. The predicted octanol–water partition coefficient (Wildman–Crippen LogP) is 2.53. The summed E-state index contributed by atoms with van der Waals surface area (Å²) in [6.07, 6.45) is 5.83. The summed E-state index contributed by atoms with van der Waals surface area (Å²) in [6.45, 7) is 4.85. The second kappa shape index (κ2) is 4.84. The molecule has 1 saturated carbocycles. The average molecular weight is 226 g/mol. The van der Waals surface area contributed by atoms with Crippen molar-refractivity contribution in [3.63, 3.8) is 0 Å². The number of Topliss-reactive ketones (excluding diaryl/α,β-unsaturated/α-hetero) is 1. The summed E-state index contributed by atoms with van der Waals surface area (Å²) in [5, 5.41) is 0. The minimum absolute atomic E-state index is 0.0314. The van der Waals surface area contributed by atoms with Gasteiger partial charge in [0.25, 0.3) is 0 Å². The fraction of sp³-hybridized carbons (Fsp3) is 0.923. The minimum atomic E-state index is -0.511. The largest absolute Gasteiger partial charge is 0.350 e. The zero-order chi connectivity index (χ0) is 11.6. The Morgan fingerprint density at radius 3 is 2.12 bits per heavy atom. The van der Waals surface area contributed by atoms with E-state index >= 15 is 0 Å². The van der Waals surface area contributed by atoms with Gasteiger partial charge in [0.05, 0.1) is 19.1 Å². The van der Waals surface area contributed by atoms with Crippen LogP contribution in [0.1, 0.15) is 46.0 Å². The molecule has 0 unspecified atom stereocenters. The molecule has 3 heteroatoms. The van der Waals surface area contributed by atoms with Gasteiger partial charge in [-0.25, -0.2) is 0 Å². The molecule has 1 saturated heterocycles. The van der Waals surface area contributed by atoms with Crippen LogP contribution in [0, 0.1) is 11.8 Å². The van der Waals surface area contributed by atoms with Gasteiger partial charge in [0.15, 0.2) is 5.79 Å². The van der Waals surface area contributed by atoms with Gasteiger partial charge in [-0.1, -0.05) is 19.3 Å². The van der Waals surface area contributed by atoms with Gasteiger partial charge in [-0.05, 0) is 26.7 Å². The van der Waals surface area contributed by atoms with Crippen LogP contribution in [0.4, 0.5) is 0 Å². The van der Waals surface area contributed by atoms with Crippen molar-refractivity contribution in [3.8, 4) is 0 Å². The number of carbonyl (C=O) groups is 1. The molecule has 0 spiro atoms. The molecule has 1 heterocycles.